The molecule has 2 heteroatoms. The highest BCUT2D eigenvalue weighted by molar-refractivity contribution is 5.18. The Labute approximate surface area is 71.2 Å². The summed E-state index contributed by atoms with van der Waals surface area (Å²) in [7, 11) is 0. The highest BCUT2D eigenvalue weighted by atomic mass is 19.1. The molecule has 0 spiro atoms. The Hall–Kier alpha value is -0.920. The van der Waals surface area contributed by atoms with Crippen molar-refractivity contribution in [3.8, 4) is 0 Å². The molecule has 0 bridgehead atoms. The summed E-state index contributed by atoms with van der Waals surface area (Å²) in [4.78, 5) is 0. The fourth-order valence-electron chi connectivity index (χ4n) is 1.13. The second-order valence-corrected chi connectivity index (χ2v) is 3.33. The van der Waals surface area contributed by atoms with Crippen LogP contribution in [0.3, 0.4) is 0 Å². The molecule has 0 aliphatic carbocycles. The molecule has 0 unspecified atom stereocenters. The Morgan fingerprint density at radius 1 is 1.25 bits per heavy atom. The Balaban J connectivity index is 2.86. The summed E-state index contributed by atoms with van der Waals surface area (Å²) in [5.41, 5.74) is 0.589. The smallest absolute Gasteiger partial charge is 0.129 e. The van der Waals surface area contributed by atoms with E-state index in [-0.39, 0.29) is 0 Å². The predicted octanol–water partition coefficient (Wildman–Crippen LogP) is 3.16. The van der Waals surface area contributed by atoms with Gasteiger partial charge >= 0.3 is 0 Å². The third-order valence-electron chi connectivity index (χ3n) is 1.64. The van der Waals surface area contributed by atoms with E-state index in [1.54, 1.807) is 0 Å². The molecule has 12 heavy (non-hydrogen) atoms. The monoisotopic (exact) mass is 170 g/mol. The standard InChI is InChI=1S/C10H12F2/c1-7(2)5-8-3-4-9(11)6-10(8)12/h3-4,6-7H,5H2,1-2H3. The molecule has 0 aliphatic rings. The van der Waals surface area contributed by atoms with Crippen molar-refractivity contribution in [1.29, 1.82) is 0 Å². The quantitative estimate of drug-likeness (QED) is 0.639. The molecule has 0 saturated carbocycles. The van der Waals surface area contributed by atoms with Gasteiger partial charge in [-0.15, -0.1) is 0 Å². The third-order valence-corrected chi connectivity index (χ3v) is 1.64. The first-order valence-corrected chi connectivity index (χ1v) is 4.03. The molecule has 0 atom stereocenters. The van der Waals surface area contributed by atoms with E-state index in [1.807, 2.05) is 13.8 Å². The average Bonchev–Trinajstić information content (AvgIpc) is 1.94. The first-order valence-electron chi connectivity index (χ1n) is 4.03. The number of halogens is 2. The normalized spacial score (nSPS) is 10.8. The molecule has 1 aromatic carbocycles. The van der Waals surface area contributed by atoms with E-state index in [0.29, 0.717) is 17.9 Å². The van der Waals surface area contributed by atoms with E-state index in [4.69, 9.17) is 0 Å². The van der Waals surface area contributed by atoms with Crippen LogP contribution in [0.5, 0.6) is 0 Å². The molecule has 0 fully saturated rings. The second kappa shape index (κ2) is 3.65. The fraction of sp³-hybridized carbons (Fsp3) is 0.400. The Morgan fingerprint density at radius 3 is 2.42 bits per heavy atom. The minimum Gasteiger partial charge on any atom is -0.207 e. The van der Waals surface area contributed by atoms with Crippen molar-refractivity contribution in [2.75, 3.05) is 0 Å². The third kappa shape index (κ3) is 2.29. The zero-order valence-electron chi connectivity index (χ0n) is 7.27. The minimum atomic E-state index is -0.514. The molecule has 0 aliphatic heterocycles. The van der Waals surface area contributed by atoms with E-state index in [1.165, 1.54) is 12.1 Å². The summed E-state index contributed by atoms with van der Waals surface area (Å²) < 4.78 is 25.4. The van der Waals surface area contributed by atoms with Gasteiger partial charge in [0.1, 0.15) is 11.6 Å². The van der Waals surface area contributed by atoms with Crippen LogP contribution in [-0.2, 0) is 6.42 Å². The summed E-state index contributed by atoms with van der Waals surface area (Å²) in [6.07, 6.45) is 0.659. The molecule has 1 aromatic rings. The maximum absolute atomic E-state index is 13.0. The second-order valence-electron chi connectivity index (χ2n) is 3.33. The lowest BCUT2D eigenvalue weighted by atomic mass is 10.0. The first-order chi connectivity index (χ1) is 5.59. The van der Waals surface area contributed by atoms with Gasteiger partial charge in [0.05, 0.1) is 0 Å². The van der Waals surface area contributed by atoms with Crippen LogP contribution >= 0.6 is 0 Å². The number of benzene rings is 1. The van der Waals surface area contributed by atoms with Gasteiger partial charge in [-0.1, -0.05) is 19.9 Å². The number of rotatable bonds is 2. The van der Waals surface area contributed by atoms with Gasteiger partial charge in [-0.3, -0.25) is 0 Å². The zero-order valence-corrected chi connectivity index (χ0v) is 7.27. The van der Waals surface area contributed by atoms with Crippen LogP contribution in [-0.4, -0.2) is 0 Å². The maximum atomic E-state index is 13.0. The van der Waals surface area contributed by atoms with Crippen molar-refractivity contribution in [2.45, 2.75) is 20.3 Å². The van der Waals surface area contributed by atoms with Crippen LogP contribution in [0.25, 0.3) is 0 Å². The van der Waals surface area contributed by atoms with Gasteiger partial charge in [-0.25, -0.2) is 8.78 Å². The molecule has 0 amide bonds. The molecule has 0 nitrogen and oxygen atoms in total. The van der Waals surface area contributed by atoms with Gasteiger partial charge in [0.2, 0.25) is 0 Å². The lowest BCUT2D eigenvalue weighted by Gasteiger charge is -2.05. The molecule has 0 saturated heterocycles. The van der Waals surface area contributed by atoms with Crippen LogP contribution in [0.2, 0.25) is 0 Å². The predicted molar refractivity (Wildman–Crippen MR) is 44.9 cm³/mol. The molecule has 1 rings (SSSR count). The zero-order chi connectivity index (χ0) is 9.14. The highest BCUT2D eigenvalue weighted by Gasteiger charge is 2.04. The molecule has 66 valence electrons. The van der Waals surface area contributed by atoms with Gasteiger partial charge in [0, 0.05) is 6.07 Å². The summed E-state index contributed by atoms with van der Waals surface area (Å²) in [5, 5.41) is 0. The summed E-state index contributed by atoms with van der Waals surface area (Å²) >= 11 is 0. The highest BCUT2D eigenvalue weighted by Crippen LogP contribution is 2.13. The number of hydrogen-bond acceptors (Lipinski definition) is 0. The van der Waals surface area contributed by atoms with Gasteiger partial charge in [-0.05, 0) is 24.0 Å². The van der Waals surface area contributed by atoms with E-state index in [9.17, 15) is 8.78 Å². The van der Waals surface area contributed by atoms with Crippen LogP contribution in [0.15, 0.2) is 18.2 Å². The van der Waals surface area contributed by atoms with E-state index < -0.39 is 11.6 Å². The Morgan fingerprint density at radius 2 is 1.92 bits per heavy atom. The van der Waals surface area contributed by atoms with Crippen LogP contribution in [0, 0.1) is 17.6 Å². The van der Waals surface area contributed by atoms with E-state index in [2.05, 4.69) is 0 Å². The van der Waals surface area contributed by atoms with Crippen molar-refractivity contribution in [1.82, 2.24) is 0 Å². The van der Waals surface area contributed by atoms with Gasteiger partial charge < -0.3 is 0 Å². The largest absolute Gasteiger partial charge is 0.207 e. The topological polar surface area (TPSA) is 0 Å². The van der Waals surface area contributed by atoms with Crippen molar-refractivity contribution in [3.63, 3.8) is 0 Å². The lowest BCUT2D eigenvalue weighted by Crippen LogP contribution is -1.97. The van der Waals surface area contributed by atoms with E-state index >= 15 is 0 Å². The van der Waals surface area contributed by atoms with Gasteiger partial charge in [0.15, 0.2) is 0 Å². The Bertz CT molecular complexity index is 267. The summed E-state index contributed by atoms with van der Waals surface area (Å²) in [6, 6.07) is 3.73. The molecule has 0 radical (unpaired) electrons. The molecular formula is C10H12F2. The summed E-state index contributed by atoms with van der Waals surface area (Å²) in [6.45, 7) is 4.01. The van der Waals surface area contributed by atoms with E-state index in [0.717, 1.165) is 6.07 Å². The molecule has 0 heterocycles. The average molecular weight is 170 g/mol. The van der Waals surface area contributed by atoms with Gasteiger partial charge in [0.25, 0.3) is 0 Å². The van der Waals surface area contributed by atoms with Crippen molar-refractivity contribution < 1.29 is 8.78 Å². The van der Waals surface area contributed by atoms with Crippen molar-refractivity contribution in [3.05, 3.63) is 35.4 Å². The fourth-order valence-corrected chi connectivity index (χ4v) is 1.13. The minimum absolute atomic E-state index is 0.393. The lowest BCUT2D eigenvalue weighted by molar-refractivity contribution is 0.552. The number of hydrogen-bond donors (Lipinski definition) is 0. The summed E-state index contributed by atoms with van der Waals surface area (Å²) in [5.74, 6) is -0.561. The Kier molecular flexibility index (Phi) is 2.79. The van der Waals surface area contributed by atoms with Crippen LogP contribution < -0.4 is 0 Å². The van der Waals surface area contributed by atoms with Gasteiger partial charge in [-0.2, -0.15) is 0 Å². The SMILES string of the molecule is CC(C)Cc1ccc(F)cc1F. The molecule has 0 N–H and O–H groups in total. The van der Waals surface area contributed by atoms with Crippen LogP contribution in [0.4, 0.5) is 8.78 Å². The van der Waals surface area contributed by atoms with Crippen molar-refractivity contribution >= 4 is 0 Å². The molecule has 0 aromatic heterocycles. The molecular weight excluding hydrogens is 158 g/mol. The first kappa shape index (κ1) is 9.17. The maximum Gasteiger partial charge on any atom is 0.129 e. The van der Waals surface area contributed by atoms with Crippen molar-refractivity contribution in [2.24, 2.45) is 5.92 Å². The van der Waals surface area contributed by atoms with Crippen LogP contribution in [0.1, 0.15) is 19.4 Å².